The molecule has 2 amide bonds. The van der Waals surface area contributed by atoms with Gasteiger partial charge in [0.05, 0.1) is 27.5 Å². The quantitative estimate of drug-likeness (QED) is 0.287. The summed E-state index contributed by atoms with van der Waals surface area (Å²) in [5, 5.41) is 15.7. The van der Waals surface area contributed by atoms with E-state index in [1.807, 2.05) is 0 Å². The van der Waals surface area contributed by atoms with Crippen molar-refractivity contribution in [2.24, 2.45) is 0 Å². The summed E-state index contributed by atoms with van der Waals surface area (Å²) in [7, 11) is 1.53. The van der Waals surface area contributed by atoms with Crippen molar-refractivity contribution in [2.45, 2.75) is 26.4 Å². The van der Waals surface area contributed by atoms with Gasteiger partial charge in [-0.1, -0.05) is 17.7 Å². The number of anilines is 3. The summed E-state index contributed by atoms with van der Waals surface area (Å²) < 4.78 is 37.3. The van der Waals surface area contributed by atoms with Gasteiger partial charge in [-0.15, -0.1) is 0 Å². The number of hydrogen-bond donors (Lipinski definition) is 2. The maximum absolute atomic E-state index is 13.7. The largest absolute Gasteiger partial charge is 0.489 e. The van der Waals surface area contributed by atoms with Crippen molar-refractivity contribution in [2.75, 3.05) is 37.5 Å². The van der Waals surface area contributed by atoms with Gasteiger partial charge in [-0.25, -0.2) is 13.6 Å². The first-order chi connectivity index (χ1) is 18.9. The Balaban J connectivity index is 1.92. The number of carbonyl (C=O) groups excluding carboxylic acids is 2. The zero-order valence-electron chi connectivity index (χ0n) is 22.3. The fourth-order valence-electron chi connectivity index (χ4n) is 3.43. The molecule has 9 nitrogen and oxygen atoms in total. The predicted molar refractivity (Wildman–Crippen MR) is 149 cm³/mol. The van der Waals surface area contributed by atoms with Gasteiger partial charge in [-0.2, -0.15) is 5.26 Å². The number of halogens is 3. The first-order valence-corrected chi connectivity index (χ1v) is 12.5. The second kappa shape index (κ2) is 13.1. The molecule has 2 N–H and O–H groups in total. The molecule has 2 aromatic carbocycles. The number of hydrogen-bond acceptors (Lipinski definition) is 7. The van der Waals surface area contributed by atoms with Crippen LogP contribution in [0.4, 0.5) is 30.6 Å². The van der Waals surface area contributed by atoms with Gasteiger partial charge in [-0.05, 0) is 45.0 Å². The van der Waals surface area contributed by atoms with E-state index in [1.54, 1.807) is 20.8 Å². The van der Waals surface area contributed by atoms with Gasteiger partial charge in [0.15, 0.2) is 0 Å². The van der Waals surface area contributed by atoms with Gasteiger partial charge in [0.1, 0.15) is 36.5 Å². The lowest BCUT2D eigenvalue weighted by atomic mass is 10.1. The predicted octanol–water partition coefficient (Wildman–Crippen LogP) is 6.35. The summed E-state index contributed by atoms with van der Waals surface area (Å²) in [6, 6.07) is 9.09. The summed E-state index contributed by atoms with van der Waals surface area (Å²) in [5.41, 5.74) is 0.833. The molecule has 0 spiro atoms. The van der Waals surface area contributed by atoms with E-state index in [2.05, 4.69) is 21.7 Å². The van der Waals surface area contributed by atoms with Gasteiger partial charge in [-0.3, -0.25) is 9.78 Å². The Morgan fingerprint density at radius 3 is 2.65 bits per heavy atom. The number of nitrogens with zero attached hydrogens (tertiary/aromatic N) is 3. The van der Waals surface area contributed by atoms with Gasteiger partial charge < -0.3 is 25.0 Å². The zero-order valence-corrected chi connectivity index (χ0v) is 23.1. The van der Waals surface area contributed by atoms with Crippen LogP contribution >= 0.6 is 11.6 Å². The van der Waals surface area contributed by atoms with E-state index in [1.165, 1.54) is 60.6 Å². The summed E-state index contributed by atoms with van der Waals surface area (Å²) in [5.74, 6) is -0.991. The van der Waals surface area contributed by atoms with E-state index in [-0.39, 0.29) is 35.2 Å². The fourth-order valence-corrected chi connectivity index (χ4v) is 3.61. The Labute approximate surface area is 235 Å². The Bertz CT molecular complexity index is 1480. The van der Waals surface area contributed by atoms with E-state index in [9.17, 15) is 23.6 Å². The van der Waals surface area contributed by atoms with Crippen molar-refractivity contribution in [3.05, 3.63) is 65.1 Å². The molecule has 0 aliphatic rings. The van der Waals surface area contributed by atoms with Crippen molar-refractivity contribution < 1.29 is 27.8 Å². The number of alkyl halides is 1. The molecule has 3 rings (SSSR count). The molecule has 0 saturated carbocycles. The standard InChI is InChI=1S/C28H28ClF2N5O4/c1-28(2,3)40-27(38)36(4)10-5-6-25(37)35-23-13-19-22(14-24(23)39-11-9-30)33-16-17(15-32)26(19)34-18-7-8-21(31)20(29)12-18/h5-8,12-14,16H,9-11H2,1-4H3,(H,33,34)(H,35,37). The SMILES string of the molecule is CN(CC=CC(=O)Nc1cc2c(Nc3ccc(F)c(Cl)c3)c(C#N)cnc2cc1OCCF)C(=O)OC(C)(C)C. The van der Waals surface area contributed by atoms with Gasteiger partial charge in [0, 0.05) is 43.0 Å². The highest BCUT2D eigenvalue weighted by atomic mass is 35.5. The third-order valence-corrected chi connectivity index (χ3v) is 5.51. The molecule has 1 aromatic heterocycles. The van der Waals surface area contributed by atoms with Crippen molar-refractivity contribution in [1.29, 1.82) is 5.26 Å². The lowest BCUT2D eigenvalue weighted by Crippen LogP contribution is -2.34. The first kappa shape index (κ1) is 30.1. The smallest absolute Gasteiger partial charge is 0.410 e. The molecule has 0 atom stereocenters. The van der Waals surface area contributed by atoms with Crippen molar-refractivity contribution in [3.63, 3.8) is 0 Å². The number of ether oxygens (including phenoxy) is 2. The zero-order chi connectivity index (χ0) is 29.4. The number of carbonyl (C=O) groups is 2. The lowest BCUT2D eigenvalue weighted by Gasteiger charge is -2.23. The van der Waals surface area contributed by atoms with Crippen LogP contribution in [0, 0.1) is 17.1 Å². The normalized spacial score (nSPS) is 11.2. The number of likely N-dealkylation sites (N-methyl/N-ethyl adjacent to an activating group) is 1. The van der Waals surface area contributed by atoms with Gasteiger partial charge in [0.25, 0.3) is 0 Å². The Kier molecular flexibility index (Phi) is 9.85. The van der Waals surface area contributed by atoms with Gasteiger partial charge in [0.2, 0.25) is 5.91 Å². The molecule has 0 radical (unpaired) electrons. The summed E-state index contributed by atoms with van der Waals surface area (Å²) >= 11 is 5.91. The number of pyridine rings is 1. The second-order valence-electron chi connectivity index (χ2n) is 9.57. The van der Waals surface area contributed by atoms with Crippen LogP contribution in [0.2, 0.25) is 5.02 Å². The van der Waals surface area contributed by atoms with Crippen LogP contribution < -0.4 is 15.4 Å². The van der Waals surface area contributed by atoms with Crippen LogP contribution in [0.25, 0.3) is 10.9 Å². The van der Waals surface area contributed by atoms with Crippen molar-refractivity contribution in [3.8, 4) is 11.8 Å². The number of nitriles is 1. The van der Waals surface area contributed by atoms with Crippen molar-refractivity contribution >= 4 is 51.6 Å². The fraction of sp³-hybridized carbons (Fsp3) is 0.286. The third-order valence-electron chi connectivity index (χ3n) is 5.22. The minimum Gasteiger partial charge on any atom is -0.489 e. The molecule has 0 aliphatic carbocycles. The van der Waals surface area contributed by atoms with E-state index in [0.29, 0.717) is 22.3 Å². The van der Waals surface area contributed by atoms with Crippen molar-refractivity contribution in [1.82, 2.24) is 9.88 Å². The third kappa shape index (κ3) is 8.04. The monoisotopic (exact) mass is 571 g/mol. The molecule has 0 bridgehead atoms. The number of nitrogens with one attached hydrogen (secondary N) is 2. The molecular formula is C28H28ClF2N5O4. The van der Waals surface area contributed by atoms with Gasteiger partial charge >= 0.3 is 6.09 Å². The Hall–Kier alpha value is -4.43. The van der Waals surface area contributed by atoms with Crippen LogP contribution in [0.5, 0.6) is 5.75 Å². The number of benzene rings is 2. The van der Waals surface area contributed by atoms with Crippen LogP contribution in [-0.4, -0.2) is 54.4 Å². The van der Waals surface area contributed by atoms with E-state index < -0.39 is 30.1 Å². The molecule has 0 unspecified atom stereocenters. The van der Waals surface area contributed by atoms with Crippen LogP contribution in [0.15, 0.2) is 48.7 Å². The average molecular weight is 572 g/mol. The highest BCUT2D eigenvalue weighted by Crippen LogP contribution is 2.36. The number of fused-ring (bicyclic) bond motifs is 1. The van der Waals surface area contributed by atoms with E-state index in [4.69, 9.17) is 21.1 Å². The van der Waals surface area contributed by atoms with Crippen LogP contribution in [0.1, 0.15) is 26.3 Å². The minimum atomic E-state index is -0.763. The lowest BCUT2D eigenvalue weighted by molar-refractivity contribution is -0.112. The summed E-state index contributed by atoms with van der Waals surface area (Å²) in [4.78, 5) is 30.4. The molecule has 0 aliphatic heterocycles. The number of aromatic nitrogens is 1. The minimum absolute atomic E-state index is 0.106. The first-order valence-electron chi connectivity index (χ1n) is 12.1. The highest BCUT2D eigenvalue weighted by molar-refractivity contribution is 6.31. The Morgan fingerprint density at radius 2 is 2.00 bits per heavy atom. The summed E-state index contributed by atoms with van der Waals surface area (Å²) in [6.07, 6.45) is 3.50. The molecule has 210 valence electrons. The maximum Gasteiger partial charge on any atom is 0.410 e. The van der Waals surface area contributed by atoms with E-state index >= 15 is 0 Å². The van der Waals surface area contributed by atoms with Crippen LogP contribution in [0.3, 0.4) is 0 Å². The highest BCUT2D eigenvalue weighted by Gasteiger charge is 2.19. The van der Waals surface area contributed by atoms with E-state index in [0.717, 1.165) is 0 Å². The average Bonchev–Trinajstić information content (AvgIpc) is 2.88. The van der Waals surface area contributed by atoms with Crippen LogP contribution in [-0.2, 0) is 9.53 Å². The number of amides is 2. The molecule has 1 heterocycles. The molecule has 12 heteroatoms. The topological polar surface area (TPSA) is 117 Å². The molecular weight excluding hydrogens is 544 g/mol. The molecule has 0 saturated heterocycles. The number of rotatable bonds is 9. The second-order valence-corrected chi connectivity index (χ2v) is 9.98. The molecule has 3 aromatic rings. The summed E-state index contributed by atoms with van der Waals surface area (Å²) in [6.45, 7) is 4.33. The molecule has 0 fully saturated rings. The Morgan fingerprint density at radius 1 is 1.25 bits per heavy atom. The maximum atomic E-state index is 13.7. The molecule has 40 heavy (non-hydrogen) atoms.